The highest BCUT2D eigenvalue weighted by molar-refractivity contribution is 9.10. The molecular weight excluding hydrogens is 262 g/mol. The minimum atomic E-state index is -0.379. The Bertz CT molecular complexity index is 562. The van der Waals surface area contributed by atoms with Crippen LogP contribution < -0.4 is 0 Å². The van der Waals surface area contributed by atoms with Crippen molar-refractivity contribution in [2.75, 3.05) is 0 Å². The third kappa shape index (κ3) is 1.50. The van der Waals surface area contributed by atoms with Gasteiger partial charge in [-0.25, -0.2) is 0 Å². The Kier molecular flexibility index (Phi) is 2.22. The molecule has 0 bridgehead atoms. The Balaban J connectivity index is 2.85. The lowest BCUT2D eigenvalue weighted by molar-refractivity contribution is -0.385. The number of aromatic nitrogens is 2. The van der Waals surface area contributed by atoms with Gasteiger partial charge in [-0.2, -0.15) is 5.10 Å². The summed E-state index contributed by atoms with van der Waals surface area (Å²) in [7, 11) is 1.76. The number of hydrogen-bond donors (Lipinski definition) is 0. The standard InChI is InChI=1S/C9H8BrN3O2/c1-5-3-6-8(4-7(5)13(14)15)12(2)11-9(6)10/h3-4H,1-2H3. The monoisotopic (exact) mass is 269 g/mol. The first-order valence-electron chi connectivity index (χ1n) is 4.28. The SMILES string of the molecule is Cc1cc2c(Br)nn(C)c2cc1[N+](=O)[O-]. The number of hydrogen-bond acceptors (Lipinski definition) is 3. The van der Waals surface area contributed by atoms with Crippen molar-refractivity contribution in [3.8, 4) is 0 Å². The van der Waals surface area contributed by atoms with Gasteiger partial charge in [0.1, 0.15) is 4.60 Å². The molecule has 0 aliphatic rings. The number of nitrogens with zero attached hydrogens (tertiary/aromatic N) is 3. The van der Waals surface area contributed by atoms with E-state index in [9.17, 15) is 10.1 Å². The first kappa shape index (κ1) is 10.1. The molecule has 1 heterocycles. The molecule has 0 radical (unpaired) electrons. The Labute approximate surface area is 94.0 Å². The molecule has 0 saturated carbocycles. The Morgan fingerprint density at radius 2 is 2.20 bits per heavy atom. The number of nitro benzene ring substituents is 1. The zero-order valence-electron chi connectivity index (χ0n) is 8.19. The van der Waals surface area contributed by atoms with Crippen LogP contribution >= 0.6 is 15.9 Å². The first-order valence-corrected chi connectivity index (χ1v) is 5.07. The average molecular weight is 270 g/mol. The minimum Gasteiger partial charge on any atom is -0.267 e. The number of halogens is 1. The van der Waals surface area contributed by atoms with E-state index in [0.717, 1.165) is 10.9 Å². The second-order valence-electron chi connectivity index (χ2n) is 3.33. The second-order valence-corrected chi connectivity index (χ2v) is 4.08. The second kappa shape index (κ2) is 3.30. The number of nitro groups is 1. The van der Waals surface area contributed by atoms with Crippen molar-refractivity contribution in [3.63, 3.8) is 0 Å². The van der Waals surface area contributed by atoms with Crippen molar-refractivity contribution in [2.45, 2.75) is 6.92 Å². The summed E-state index contributed by atoms with van der Waals surface area (Å²) in [6, 6.07) is 3.31. The van der Waals surface area contributed by atoms with Crippen molar-refractivity contribution < 1.29 is 4.92 Å². The molecule has 0 aliphatic heterocycles. The van der Waals surface area contributed by atoms with E-state index in [1.807, 2.05) is 0 Å². The molecule has 1 aromatic carbocycles. The van der Waals surface area contributed by atoms with Gasteiger partial charge in [0.15, 0.2) is 0 Å². The molecule has 0 atom stereocenters. The maximum Gasteiger partial charge on any atom is 0.274 e. The van der Waals surface area contributed by atoms with Crippen LogP contribution in [0.5, 0.6) is 0 Å². The van der Waals surface area contributed by atoms with Crippen molar-refractivity contribution in [3.05, 3.63) is 32.4 Å². The summed E-state index contributed by atoms with van der Waals surface area (Å²) in [6.45, 7) is 1.72. The summed E-state index contributed by atoms with van der Waals surface area (Å²) < 4.78 is 2.32. The van der Waals surface area contributed by atoms with E-state index < -0.39 is 0 Å². The predicted molar refractivity (Wildman–Crippen MR) is 59.8 cm³/mol. The third-order valence-electron chi connectivity index (χ3n) is 2.32. The normalized spacial score (nSPS) is 10.9. The van der Waals surface area contributed by atoms with Gasteiger partial charge in [0.25, 0.3) is 5.69 Å². The summed E-state index contributed by atoms with van der Waals surface area (Å²) in [6.07, 6.45) is 0. The topological polar surface area (TPSA) is 61.0 Å². The molecule has 0 N–H and O–H groups in total. The number of benzene rings is 1. The van der Waals surface area contributed by atoms with Gasteiger partial charge in [-0.15, -0.1) is 0 Å². The lowest BCUT2D eigenvalue weighted by Crippen LogP contribution is -1.94. The largest absolute Gasteiger partial charge is 0.274 e. The smallest absolute Gasteiger partial charge is 0.267 e. The van der Waals surface area contributed by atoms with E-state index in [2.05, 4.69) is 21.0 Å². The predicted octanol–water partition coefficient (Wildman–Crippen LogP) is 2.55. The molecular formula is C9H8BrN3O2. The zero-order valence-corrected chi connectivity index (χ0v) is 9.78. The number of fused-ring (bicyclic) bond motifs is 1. The van der Waals surface area contributed by atoms with Gasteiger partial charge >= 0.3 is 0 Å². The van der Waals surface area contributed by atoms with Crippen LogP contribution in [0.2, 0.25) is 0 Å². The van der Waals surface area contributed by atoms with Gasteiger partial charge in [0.05, 0.1) is 10.4 Å². The quantitative estimate of drug-likeness (QED) is 0.591. The van der Waals surface area contributed by atoms with E-state index in [1.54, 1.807) is 30.8 Å². The van der Waals surface area contributed by atoms with E-state index >= 15 is 0 Å². The summed E-state index contributed by atoms with van der Waals surface area (Å²) in [5.41, 5.74) is 1.51. The van der Waals surface area contributed by atoms with Crippen LogP contribution in [0.25, 0.3) is 10.9 Å². The van der Waals surface area contributed by atoms with Crippen LogP contribution in [0.1, 0.15) is 5.56 Å². The highest BCUT2D eigenvalue weighted by atomic mass is 79.9. The Hall–Kier alpha value is -1.43. The molecule has 0 fully saturated rings. The van der Waals surface area contributed by atoms with Crippen LogP contribution in [-0.2, 0) is 7.05 Å². The lowest BCUT2D eigenvalue weighted by Gasteiger charge is -1.98. The van der Waals surface area contributed by atoms with E-state index in [1.165, 1.54) is 0 Å². The van der Waals surface area contributed by atoms with Crippen LogP contribution in [0.4, 0.5) is 5.69 Å². The third-order valence-corrected chi connectivity index (χ3v) is 2.91. The number of aryl methyl sites for hydroxylation is 2. The number of rotatable bonds is 1. The summed E-state index contributed by atoms with van der Waals surface area (Å²) in [5, 5.41) is 15.8. The van der Waals surface area contributed by atoms with E-state index in [0.29, 0.717) is 10.2 Å². The lowest BCUT2D eigenvalue weighted by atomic mass is 10.1. The van der Waals surface area contributed by atoms with Crippen LogP contribution in [0.15, 0.2) is 16.7 Å². The molecule has 1 aromatic heterocycles. The highest BCUT2D eigenvalue weighted by Crippen LogP contribution is 2.29. The zero-order chi connectivity index (χ0) is 11.2. The van der Waals surface area contributed by atoms with E-state index in [4.69, 9.17) is 0 Å². The van der Waals surface area contributed by atoms with Gasteiger partial charge in [-0.3, -0.25) is 14.8 Å². The summed E-state index contributed by atoms with van der Waals surface area (Å²) >= 11 is 3.31. The van der Waals surface area contributed by atoms with Gasteiger partial charge in [0, 0.05) is 24.1 Å². The highest BCUT2D eigenvalue weighted by Gasteiger charge is 2.15. The summed E-state index contributed by atoms with van der Waals surface area (Å²) in [4.78, 5) is 10.4. The van der Waals surface area contributed by atoms with Crippen LogP contribution in [0.3, 0.4) is 0 Å². The molecule has 2 rings (SSSR count). The van der Waals surface area contributed by atoms with E-state index in [-0.39, 0.29) is 10.6 Å². The van der Waals surface area contributed by atoms with Crippen molar-refractivity contribution in [1.82, 2.24) is 9.78 Å². The average Bonchev–Trinajstić information content (AvgIpc) is 2.41. The maximum atomic E-state index is 10.7. The first-order chi connectivity index (χ1) is 7.00. The van der Waals surface area contributed by atoms with Crippen molar-refractivity contribution in [2.24, 2.45) is 7.05 Å². The fraction of sp³-hybridized carbons (Fsp3) is 0.222. The molecule has 15 heavy (non-hydrogen) atoms. The minimum absolute atomic E-state index is 0.123. The molecule has 0 saturated heterocycles. The molecule has 6 heteroatoms. The molecule has 5 nitrogen and oxygen atoms in total. The summed E-state index contributed by atoms with van der Waals surface area (Å²) in [5.74, 6) is 0. The van der Waals surface area contributed by atoms with Gasteiger partial charge in [0.2, 0.25) is 0 Å². The fourth-order valence-corrected chi connectivity index (χ4v) is 2.11. The van der Waals surface area contributed by atoms with Gasteiger partial charge < -0.3 is 0 Å². The fourth-order valence-electron chi connectivity index (χ4n) is 1.55. The van der Waals surface area contributed by atoms with Gasteiger partial charge in [-0.05, 0) is 28.9 Å². The molecule has 78 valence electrons. The van der Waals surface area contributed by atoms with Gasteiger partial charge in [-0.1, -0.05) is 0 Å². The molecule has 0 aliphatic carbocycles. The van der Waals surface area contributed by atoms with Crippen molar-refractivity contribution >= 4 is 32.5 Å². The maximum absolute atomic E-state index is 10.7. The molecule has 0 amide bonds. The molecule has 2 aromatic rings. The molecule has 0 unspecified atom stereocenters. The van der Waals surface area contributed by atoms with Crippen LogP contribution in [0, 0.1) is 17.0 Å². The van der Waals surface area contributed by atoms with Crippen molar-refractivity contribution in [1.29, 1.82) is 0 Å². The molecule has 0 spiro atoms. The van der Waals surface area contributed by atoms with Crippen LogP contribution in [-0.4, -0.2) is 14.7 Å². The Morgan fingerprint density at radius 1 is 1.53 bits per heavy atom. The Morgan fingerprint density at radius 3 is 2.80 bits per heavy atom.